The summed E-state index contributed by atoms with van der Waals surface area (Å²) in [7, 11) is 0. The van der Waals surface area contributed by atoms with Crippen LogP contribution in [0.25, 0.3) is 6.08 Å². The topological polar surface area (TPSA) is 136 Å². The van der Waals surface area contributed by atoms with Crippen molar-refractivity contribution in [3.63, 3.8) is 0 Å². The molecule has 1 aromatic carbocycles. The smallest absolute Gasteiger partial charge is 0.342 e. The standard InChI is InChI=1S/C23H30O5.2H2O/c1-4-5-13-27-20-14-18-9-7-6-8-10-19(24)12-11-16(2)17(3)28-23(26)22(18)21(25)15-20;;/h7,9,11-12,14-17,25H,4-6,8,10,13H2,1-3H3;2*1H2/b9-7+,12-11-;;/t16-,17+;;/m1../s1. The van der Waals surface area contributed by atoms with Crippen molar-refractivity contribution in [3.8, 4) is 11.5 Å². The number of hydrogen-bond acceptors (Lipinski definition) is 5. The number of phenols is 1. The molecule has 30 heavy (non-hydrogen) atoms. The van der Waals surface area contributed by atoms with E-state index in [-0.39, 0.29) is 34.0 Å². The van der Waals surface area contributed by atoms with Gasteiger partial charge in [-0.05, 0) is 43.9 Å². The minimum Gasteiger partial charge on any atom is -0.507 e. The molecule has 1 heterocycles. The first kappa shape index (κ1) is 27.4. The van der Waals surface area contributed by atoms with E-state index in [0.717, 1.165) is 19.3 Å². The summed E-state index contributed by atoms with van der Waals surface area (Å²) in [5.74, 6) is -0.276. The van der Waals surface area contributed by atoms with Gasteiger partial charge < -0.3 is 25.5 Å². The largest absolute Gasteiger partial charge is 0.507 e. The lowest BCUT2D eigenvalue weighted by Gasteiger charge is -2.19. The molecular formula is C23H34O7. The summed E-state index contributed by atoms with van der Waals surface area (Å²) in [5.41, 5.74) is 0.686. The average molecular weight is 423 g/mol. The van der Waals surface area contributed by atoms with Crippen LogP contribution in [-0.2, 0) is 9.53 Å². The van der Waals surface area contributed by atoms with E-state index in [2.05, 4.69) is 6.92 Å². The Kier molecular flexibility index (Phi) is 12.4. The second-order valence-corrected chi connectivity index (χ2v) is 7.20. The Morgan fingerprint density at radius 1 is 1.17 bits per heavy atom. The maximum absolute atomic E-state index is 12.7. The van der Waals surface area contributed by atoms with Crippen molar-refractivity contribution in [2.45, 2.75) is 59.0 Å². The van der Waals surface area contributed by atoms with Crippen LogP contribution < -0.4 is 4.74 Å². The van der Waals surface area contributed by atoms with E-state index in [1.807, 2.05) is 13.0 Å². The number of carbonyl (C=O) groups is 2. The van der Waals surface area contributed by atoms with Crippen LogP contribution in [0.1, 0.15) is 68.8 Å². The van der Waals surface area contributed by atoms with Crippen molar-refractivity contribution in [3.05, 3.63) is 41.5 Å². The van der Waals surface area contributed by atoms with Gasteiger partial charge in [0.05, 0.1) is 6.61 Å². The van der Waals surface area contributed by atoms with Gasteiger partial charge in [0.25, 0.3) is 0 Å². The number of carbonyl (C=O) groups excluding carboxylic acids is 2. The molecule has 1 aliphatic heterocycles. The number of cyclic esters (lactones) is 1. The molecule has 0 saturated carbocycles. The Hall–Kier alpha value is -2.64. The molecule has 0 aromatic heterocycles. The third kappa shape index (κ3) is 8.00. The highest BCUT2D eigenvalue weighted by Crippen LogP contribution is 2.31. The first-order valence-electron chi connectivity index (χ1n) is 10.0. The van der Waals surface area contributed by atoms with Gasteiger partial charge in [0.2, 0.25) is 0 Å². The molecule has 2 atom stereocenters. The molecule has 0 spiro atoms. The lowest BCUT2D eigenvalue weighted by Crippen LogP contribution is -2.22. The van der Waals surface area contributed by atoms with Gasteiger partial charge >= 0.3 is 5.97 Å². The van der Waals surface area contributed by atoms with Crippen molar-refractivity contribution in [1.29, 1.82) is 0 Å². The van der Waals surface area contributed by atoms with Gasteiger partial charge in [0, 0.05) is 18.4 Å². The fourth-order valence-electron chi connectivity index (χ4n) is 2.83. The number of benzene rings is 1. The van der Waals surface area contributed by atoms with Crippen molar-refractivity contribution < 1.29 is 35.1 Å². The second kappa shape index (κ2) is 13.6. The molecule has 7 heteroatoms. The zero-order valence-electron chi connectivity index (χ0n) is 17.9. The SMILES string of the molecule is CCCCOc1cc(O)c2c(c1)/C=C/CCCC(=O)/C=C\[C@@H](C)[C@H](C)OC2=O.O.O. The van der Waals surface area contributed by atoms with Gasteiger partial charge in [-0.15, -0.1) is 0 Å². The molecule has 0 saturated heterocycles. The highest BCUT2D eigenvalue weighted by molar-refractivity contribution is 5.97. The molecule has 0 unspecified atom stereocenters. The van der Waals surface area contributed by atoms with Gasteiger partial charge in [-0.1, -0.05) is 38.5 Å². The molecule has 2 rings (SSSR count). The molecule has 5 N–H and O–H groups in total. The predicted octanol–water partition coefficient (Wildman–Crippen LogP) is 3.43. The summed E-state index contributed by atoms with van der Waals surface area (Å²) in [6.07, 6.45) is 10.4. The number of ether oxygens (including phenoxy) is 2. The van der Waals surface area contributed by atoms with Gasteiger partial charge in [-0.2, -0.15) is 0 Å². The monoisotopic (exact) mass is 422 g/mol. The Morgan fingerprint density at radius 3 is 2.60 bits per heavy atom. The molecular weight excluding hydrogens is 388 g/mol. The van der Waals surface area contributed by atoms with Crippen LogP contribution in [0.5, 0.6) is 11.5 Å². The fraction of sp³-hybridized carbons (Fsp3) is 0.478. The Balaban J connectivity index is 0.00000420. The molecule has 0 aliphatic carbocycles. The summed E-state index contributed by atoms with van der Waals surface area (Å²) < 4.78 is 11.2. The third-order valence-electron chi connectivity index (χ3n) is 4.80. The lowest BCUT2D eigenvalue weighted by molar-refractivity contribution is -0.114. The van der Waals surface area contributed by atoms with E-state index in [9.17, 15) is 14.7 Å². The summed E-state index contributed by atoms with van der Waals surface area (Å²) >= 11 is 0. The number of ketones is 1. The quantitative estimate of drug-likeness (QED) is 0.585. The predicted molar refractivity (Wildman–Crippen MR) is 117 cm³/mol. The van der Waals surface area contributed by atoms with Crippen LogP contribution in [0, 0.1) is 5.92 Å². The maximum Gasteiger partial charge on any atom is 0.342 e. The van der Waals surface area contributed by atoms with Crippen molar-refractivity contribution in [2.24, 2.45) is 5.92 Å². The summed E-state index contributed by atoms with van der Waals surface area (Å²) in [4.78, 5) is 24.7. The highest BCUT2D eigenvalue weighted by atomic mass is 16.5. The number of fused-ring (bicyclic) bond motifs is 1. The minimum absolute atomic E-state index is 0. The van der Waals surface area contributed by atoms with Crippen LogP contribution in [0.3, 0.4) is 0 Å². The van der Waals surface area contributed by atoms with E-state index in [1.54, 1.807) is 31.2 Å². The van der Waals surface area contributed by atoms with Crippen molar-refractivity contribution in [1.82, 2.24) is 0 Å². The van der Waals surface area contributed by atoms with E-state index in [4.69, 9.17) is 9.47 Å². The fourth-order valence-corrected chi connectivity index (χ4v) is 2.83. The maximum atomic E-state index is 12.7. The number of aromatic hydroxyl groups is 1. The van der Waals surface area contributed by atoms with Crippen LogP contribution >= 0.6 is 0 Å². The number of allylic oxidation sites excluding steroid dienone is 2. The Morgan fingerprint density at radius 2 is 1.90 bits per heavy atom. The van der Waals surface area contributed by atoms with Crippen LogP contribution in [0.2, 0.25) is 0 Å². The van der Waals surface area contributed by atoms with Gasteiger partial charge in [0.15, 0.2) is 5.78 Å². The zero-order valence-corrected chi connectivity index (χ0v) is 17.9. The van der Waals surface area contributed by atoms with E-state index >= 15 is 0 Å². The normalized spacial score (nSPS) is 21.7. The van der Waals surface area contributed by atoms with Crippen LogP contribution in [0.4, 0.5) is 0 Å². The summed E-state index contributed by atoms with van der Waals surface area (Å²) in [6.45, 7) is 6.29. The van der Waals surface area contributed by atoms with E-state index < -0.39 is 12.1 Å². The molecule has 0 fully saturated rings. The van der Waals surface area contributed by atoms with Crippen molar-refractivity contribution >= 4 is 17.8 Å². The molecule has 0 amide bonds. The van der Waals surface area contributed by atoms with Gasteiger partial charge in [-0.3, -0.25) is 4.79 Å². The van der Waals surface area contributed by atoms with Gasteiger partial charge in [-0.25, -0.2) is 4.79 Å². The highest BCUT2D eigenvalue weighted by Gasteiger charge is 2.22. The Labute approximate surface area is 178 Å². The Bertz CT molecular complexity index is 752. The number of unbranched alkanes of at least 4 members (excludes halogenated alkanes) is 1. The molecule has 1 aliphatic rings. The minimum atomic E-state index is -0.589. The van der Waals surface area contributed by atoms with Crippen LogP contribution in [-0.4, -0.2) is 40.5 Å². The second-order valence-electron chi connectivity index (χ2n) is 7.20. The van der Waals surface area contributed by atoms with Crippen LogP contribution in [0.15, 0.2) is 30.4 Å². The summed E-state index contributed by atoms with van der Waals surface area (Å²) in [6, 6.07) is 3.20. The number of phenolic OH excluding ortho intramolecular Hbond substituents is 1. The lowest BCUT2D eigenvalue weighted by atomic mass is 10.0. The summed E-state index contributed by atoms with van der Waals surface area (Å²) in [5, 5.41) is 10.5. The first-order chi connectivity index (χ1) is 13.4. The average Bonchev–Trinajstić information content (AvgIpc) is 2.64. The van der Waals surface area contributed by atoms with E-state index in [1.165, 1.54) is 6.07 Å². The molecule has 0 bridgehead atoms. The van der Waals surface area contributed by atoms with Crippen molar-refractivity contribution in [2.75, 3.05) is 6.61 Å². The number of hydrogen-bond donors (Lipinski definition) is 1. The van der Waals surface area contributed by atoms with Gasteiger partial charge in [0.1, 0.15) is 23.2 Å². The third-order valence-corrected chi connectivity index (χ3v) is 4.80. The van der Waals surface area contributed by atoms with E-state index in [0.29, 0.717) is 30.8 Å². The first-order valence-corrected chi connectivity index (χ1v) is 10.0. The molecule has 168 valence electrons. The molecule has 1 aromatic rings. The molecule has 7 nitrogen and oxygen atoms in total. The number of rotatable bonds is 4. The molecule has 0 radical (unpaired) electrons. The number of esters is 1. The zero-order chi connectivity index (χ0) is 20.5.